The van der Waals surface area contributed by atoms with E-state index in [0.29, 0.717) is 6.54 Å². The lowest BCUT2D eigenvalue weighted by Crippen LogP contribution is -2.41. The number of hydrogen-bond acceptors (Lipinski definition) is 3. The fraction of sp³-hybridized carbons (Fsp3) is 0.533. The first-order valence-corrected chi connectivity index (χ1v) is 6.91. The van der Waals surface area contributed by atoms with Crippen LogP contribution in [-0.2, 0) is 11.2 Å². The third kappa shape index (κ3) is 4.24. The lowest BCUT2D eigenvalue weighted by molar-refractivity contribution is -0.125. The van der Waals surface area contributed by atoms with Crippen molar-refractivity contribution in [1.29, 1.82) is 0 Å². The average Bonchev–Trinajstić information content (AvgIpc) is 2.49. The maximum atomic E-state index is 11.9. The summed E-state index contributed by atoms with van der Waals surface area (Å²) < 4.78 is 5.11. The quantitative estimate of drug-likeness (QED) is 0.842. The van der Waals surface area contributed by atoms with Crippen molar-refractivity contribution in [3.8, 4) is 5.75 Å². The minimum Gasteiger partial charge on any atom is -0.497 e. The van der Waals surface area contributed by atoms with Crippen LogP contribution in [0.5, 0.6) is 5.75 Å². The van der Waals surface area contributed by atoms with Crippen molar-refractivity contribution in [1.82, 2.24) is 10.6 Å². The zero-order valence-corrected chi connectivity index (χ0v) is 11.4. The first-order valence-electron chi connectivity index (χ1n) is 6.91. The molecular formula is C15H22N2O2. The molecule has 0 aliphatic carbocycles. The Morgan fingerprint density at radius 3 is 2.84 bits per heavy atom. The van der Waals surface area contributed by atoms with Gasteiger partial charge < -0.3 is 15.4 Å². The van der Waals surface area contributed by atoms with E-state index in [-0.39, 0.29) is 11.8 Å². The number of methoxy groups -OCH3 is 1. The number of hydrogen-bond donors (Lipinski definition) is 2. The van der Waals surface area contributed by atoms with Crippen molar-refractivity contribution in [2.45, 2.75) is 19.3 Å². The van der Waals surface area contributed by atoms with Crippen molar-refractivity contribution in [3.63, 3.8) is 0 Å². The van der Waals surface area contributed by atoms with Gasteiger partial charge in [0.2, 0.25) is 5.91 Å². The smallest absolute Gasteiger partial charge is 0.224 e. The van der Waals surface area contributed by atoms with Crippen LogP contribution in [-0.4, -0.2) is 32.7 Å². The third-order valence-corrected chi connectivity index (χ3v) is 3.54. The Kier molecular flexibility index (Phi) is 5.21. The zero-order chi connectivity index (χ0) is 13.5. The second-order valence-electron chi connectivity index (χ2n) is 4.93. The van der Waals surface area contributed by atoms with E-state index in [0.717, 1.165) is 38.1 Å². The maximum absolute atomic E-state index is 11.9. The number of nitrogens with one attached hydrogen (secondary N) is 2. The molecule has 2 rings (SSSR count). The molecule has 1 atom stereocenters. The third-order valence-electron chi connectivity index (χ3n) is 3.54. The number of ether oxygens (including phenoxy) is 1. The molecule has 1 aliphatic rings. The van der Waals surface area contributed by atoms with Gasteiger partial charge in [-0.1, -0.05) is 12.1 Å². The Labute approximate surface area is 114 Å². The fourth-order valence-electron chi connectivity index (χ4n) is 2.34. The normalized spacial score (nSPS) is 18.9. The van der Waals surface area contributed by atoms with E-state index in [2.05, 4.69) is 10.6 Å². The van der Waals surface area contributed by atoms with Crippen molar-refractivity contribution in [2.75, 3.05) is 26.7 Å². The number of rotatable bonds is 5. The maximum Gasteiger partial charge on any atom is 0.224 e. The molecule has 4 nitrogen and oxygen atoms in total. The van der Waals surface area contributed by atoms with E-state index < -0.39 is 0 Å². The fourth-order valence-corrected chi connectivity index (χ4v) is 2.34. The molecule has 1 aromatic carbocycles. The van der Waals surface area contributed by atoms with Gasteiger partial charge in [-0.05, 0) is 43.5 Å². The number of amides is 1. The molecule has 1 aromatic rings. The molecular weight excluding hydrogens is 240 g/mol. The number of carbonyl (C=O) groups excluding carboxylic acids is 1. The second kappa shape index (κ2) is 7.14. The molecule has 2 N–H and O–H groups in total. The van der Waals surface area contributed by atoms with Crippen LogP contribution >= 0.6 is 0 Å². The molecule has 0 unspecified atom stereocenters. The van der Waals surface area contributed by atoms with E-state index in [9.17, 15) is 4.79 Å². The molecule has 1 heterocycles. The molecule has 0 bridgehead atoms. The largest absolute Gasteiger partial charge is 0.497 e. The van der Waals surface area contributed by atoms with Gasteiger partial charge in [0.15, 0.2) is 0 Å². The van der Waals surface area contributed by atoms with Crippen LogP contribution < -0.4 is 15.4 Å². The summed E-state index contributed by atoms with van der Waals surface area (Å²) >= 11 is 0. The Balaban J connectivity index is 1.71. The van der Waals surface area contributed by atoms with Gasteiger partial charge in [-0.25, -0.2) is 0 Å². The van der Waals surface area contributed by atoms with E-state index >= 15 is 0 Å². The van der Waals surface area contributed by atoms with E-state index in [1.54, 1.807) is 7.11 Å². The summed E-state index contributed by atoms with van der Waals surface area (Å²) in [5.74, 6) is 1.19. The Bertz CT molecular complexity index is 397. The van der Waals surface area contributed by atoms with Crippen molar-refractivity contribution in [2.24, 2.45) is 5.92 Å². The van der Waals surface area contributed by atoms with E-state index in [1.807, 2.05) is 24.3 Å². The van der Waals surface area contributed by atoms with Gasteiger partial charge in [-0.3, -0.25) is 4.79 Å². The molecule has 0 saturated carbocycles. The first-order chi connectivity index (χ1) is 9.29. The minimum atomic E-state index is 0.143. The summed E-state index contributed by atoms with van der Waals surface area (Å²) in [6, 6.07) is 7.96. The molecule has 19 heavy (non-hydrogen) atoms. The van der Waals surface area contributed by atoms with E-state index in [1.165, 1.54) is 5.56 Å². The Morgan fingerprint density at radius 2 is 2.21 bits per heavy atom. The summed E-state index contributed by atoms with van der Waals surface area (Å²) in [5, 5.41) is 6.28. The molecule has 4 heteroatoms. The lowest BCUT2D eigenvalue weighted by atomic mass is 9.99. The van der Waals surface area contributed by atoms with Crippen molar-refractivity contribution in [3.05, 3.63) is 29.8 Å². The van der Waals surface area contributed by atoms with Crippen LogP contribution in [0.25, 0.3) is 0 Å². The molecule has 0 aromatic heterocycles. The van der Waals surface area contributed by atoms with Crippen molar-refractivity contribution >= 4 is 5.91 Å². The summed E-state index contributed by atoms with van der Waals surface area (Å²) in [7, 11) is 1.66. The highest BCUT2D eigenvalue weighted by atomic mass is 16.5. The molecule has 1 aliphatic heterocycles. The second-order valence-corrected chi connectivity index (χ2v) is 4.93. The predicted octanol–water partition coefficient (Wildman–Crippen LogP) is 1.35. The van der Waals surface area contributed by atoms with Crippen LogP contribution in [0, 0.1) is 5.92 Å². The van der Waals surface area contributed by atoms with Gasteiger partial charge in [0.25, 0.3) is 0 Å². The molecule has 1 fully saturated rings. The minimum absolute atomic E-state index is 0.143. The topological polar surface area (TPSA) is 50.4 Å². The number of benzene rings is 1. The number of carbonyl (C=O) groups is 1. The Morgan fingerprint density at radius 1 is 1.42 bits per heavy atom. The van der Waals surface area contributed by atoms with Crippen LogP contribution in [0.4, 0.5) is 0 Å². The standard InChI is InChI=1S/C15H22N2O2/c1-19-14-6-4-12(5-7-14)8-10-17-15(18)13-3-2-9-16-11-13/h4-7,13,16H,2-3,8-11H2,1H3,(H,17,18)/t13-/m0/s1. The number of piperidine rings is 1. The monoisotopic (exact) mass is 262 g/mol. The molecule has 0 spiro atoms. The Hall–Kier alpha value is -1.55. The molecule has 1 amide bonds. The van der Waals surface area contributed by atoms with Gasteiger partial charge in [-0.15, -0.1) is 0 Å². The lowest BCUT2D eigenvalue weighted by Gasteiger charge is -2.21. The van der Waals surface area contributed by atoms with Gasteiger partial charge in [0, 0.05) is 13.1 Å². The summed E-state index contributed by atoms with van der Waals surface area (Å²) in [5.41, 5.74) is 1.21. The van der Waals surface area contributed by atoms with Crippen LogP contribution in [0.1, 0.15) is 18.4 Å². The zero-order valence-electron chi connectivity index (χ0n) is 11.4. The first kappa shape index (κ1) is 13.9. The van der Waals surface area contributed by atoms with Crippen molar-refractivity contribution < 1.29 is 9.53 Å². The molecule has 0 radical (unpaired) electrons. The van der Waals surface area contributed by atoms with Crippen LogP contribution in [0.15, 0.2) is 24.3 Å². The summed E-state index contributed by atoms with van der Waals surface area (Å²) in [6.07, 6.45) is 2.95. The van der Waals surface area contributed by atoms with E-state index in [4.69, 9.17) is 4.74 Å². The average molecular weight is 262 g/mol. The van der Waals surface area contributed by atoms with Gasteiger partial charge >= 0.3 is 0 Å². The molecule has 104 valence electrons. The van der Waals surface area contributed by atoms with Gasteiger partial charge in [0.05, 0.1) is 13.0 Å². The molecule has 1 saturated heterocycles. The van der Waals surface area contributed by atoms with Crippen LogP contribution in [0.3, 0.4) is 0 Å². The SMILES string of the molecule is COc1ccc(CCNC(=O)[C@H]2CCCNC2)cc1. The predicted molar refractivity (Wildman–Crippen MR) is 75.3 cm³/mol. The van der Waals surface area contributed by atoms with Crippen LogP contribution in [0.2, 0.25) is 0 Å². The van der Waals surface area contributed by atoms with Gasteiger partial charge in [-0.2, -0.15) is 0 Å². The van der Waals surface area contributed by atoms with Gasteiger partial charge in [0.1, 0.15) is 5.75 Å². The summed E-state index contributed by atoms with van der Waals surface area (Å²) in [6.45, 7) is 2.55. The highest BCUT2D eigenvalue weighted by molar-refractivity contribution is 5.78. The highest BCUT2D eigenvalue weighted by Gasteiger charge is 2.19. The highest BCUT2D eigenvalue weighted by Crippen LogP contribution is 2.12. The summed E-state index contributed by atoms with van der Waals surface area (Å²) in [4.78, 5) is 11.9.